The van der Waals surface area contributed by atoms with Crippen molar-refractivity contribution in [1.29, 1.82) is 0 Å². The normalized spacial score (nSPS) is 48.1. The fourth-order valence-corrected chi connectivity index (χ4v) is 3.40. The molecular weight excluding hydrogens is 204 g/mol. The lowest BCUT2D eigenvalue weighted by Gasteiger charge is -2.43. The van der Waals surface area contributed by atoms with Gasteiger partial charge >= 0.3 is 0 Å². The van der Waals surface area contributed by atoms with Crippen LogP contribution in [0.2, 0.25) is 0 Å². The van der Waals surface area contributed by atoms with Gasteiger partial charge < -0.3 is 9.47 Å². The van der Waals surface area contributed by atoms with Gasteiger partial charge in [0.05, 0.1) is 12.2 Å². The van der Waals surface area contributed by atoms with Crippen molar-refractivity contribution in [3.8, 4) is 0 Å². The van der Waals surface area contributed by atoms with E-state index < -0.39 is 5.79 Å². The molecule has 4 aliphatic rings. The van der Waals surface area contributed by atoms with Gasteiger partial charge in [-0.15, -0.1) is 0 Å². The Morgan fingerprint density at radius 2 is 1.94 bits per heavy atom. The fraction of sp³-hybridized carbons (Fsp3) is 0.769. The second-order valence-electron chi connectivity index (χ2n) is 5.64. The number of carbonyl (C=O) groups excluding carboxylic acids is 1. The van der Waals surface area contributed by atoms with Crippen LogP contribution in [0.1, 0.15) is 27.2 Å². The van der Waals surface area contributed by atoms with E-state index in [4.69, 9.17) is 9.47 Å². The van der Waals surface area contributed by atoms with Crippen molar-refractivity contribution in [2.45, 2.75) is 45.2 Å². The summed E-state index contributed by atoms with van der Waals surface area (Å²) in [5, 5.41) is 0. The highest BCUT2D eigenvalue weighted by Crippen LogP contribution is 2.49. The van der Waals surface area contributed by atoms with Crippen molar-refractivity contribution >= 4 is 5.78 Å². The van der Waals surface area contributed by atoms with E-state index in [0.717, 1.165) is 6.42 Å². The van der Waals surface area contributed by atoms with Gasteiger partial charge in [0.25, 0.3) is 0 Å². The third-order valence-electron chi connectivity index (χ3n) is 4.06. The summed E-state index contributed by atoms with van der Waals surface area (Å²) in [4.78, 5) is 11.6. The maximum absolute atomic E-state index is 11.6. The second-order valence-corrected chi connectivity index (χ2v) is 5.64. The van der Waals surface area contributed by atoms with Gasteiger partial charge in [-0.2, -0.15) is 0 Å². The molecule has 0 radical (unpaired) electrons. The molecule has 0 aromatic carbocycles. The van der Waals surface area contributed by atoms with Crippen molar-refractivity contribution in [3.05, 3.63) is 12.2 Å². The van der Waals surface area contributed by atoms with Crippen molar-refractivity contribution in [3.63, 3.8) is 0 Å². The summed E-state index contributed by atoms with van der Waals surface area (Å²) >= 11 is 0. The van der Waals surface area contributed by atoms with E-state index in [9.17, 15) is 4.79 Å². The summed E-state index contributed by atoms with van der Waals surface area (Å²) in [6, 6.07) is 0. The zero-order valence-corrected chi connectivity index (χ0v) is 9.97. The van der Waals surface area contributed by atoms with Crippen LogP contribution < -0.4 is 0 Å². The molecule has 0 spiro atoms. The summed E-state index contributed by atoms with van der Waals surface area (Å²) in [5.74, 6) is 0.489. The highest BCUT2D eigenvalue weighted by molar-refractivity contribution is 5.79. The van der Waals surface area contributed by atoms with E-state index in [-0.39, 0.29) is 29.8 Å². The quantitative estimate of drug-likeness (QED) is 0.636. The lowest BCUT2D eigenvalue weighted by atomic mass is 9.65. The first-order valence-electron chi connectivity index (χ1n) is 6.02. The van der Waals surface area contributed by atoms with Gasteiger partial charge in [0.15, 0.2) is 5.79 Å². The third-order valence-corrected chi connectivity index (χ3v) is 4.06. The highest BCUT2D eigenvalue weighted by atomic mass is 16.8. The molecule has 3 nitrogen and oxygen atoms in total. The number of hydrogen-bond donors (Lipinski definition) is 0. The molecule has 0 aromatic rings. The van der Waals surface area contributed by atoms with Crippen LogP contribution in [0.3, 0.4) is 0 Å². The largest absolute Gasteiger partial charge is 0.344 e. The minimum Gasteiger partial charge on any atom is -0.344 e. The van der Waals surface area contributed by atoms with Crippen LogP contribution in [0.4, 0.5) is 0 Å². The predicted molar refractivity (Wildman–Crippen MR) is 58.7 cm³/mol. The van der Waals surface area contributed by atoms with Gasteiger partial charge in [-0.1, -0.05) is 12.2 Å². The van der Waals surface area contributed by atoms with Crippen molar-refractivity contribution in [2.75, 3.05) is 0 Å². The molecule has 1 aliphatic heterocycles. The van der Waals surface area contributed by atoms with Crippen LogP contribution in [-0.4, -0.2) is 23.8 Å². The van der Waals surface area contributed by atoms with E-state index in [1.807, 2.05) is 13.8 Å². The molecule has 2 bridgehead atoms. The van der Waals surface area contributed by atoms with E-state index in [1.54, 1.807) is 6.92 Å². The number of hydrogen-bond acceptors (Lipinski definition) is 3. The second kappa shape index (κ2) is 3.17. The minimum atomic E-state index is -0.496. The SMILES string of the molecule is CC(=O)C1C[C@@H]2C=C[C@H]1[C@H]1OC(C)(C)O[C@H]12. The van der Waals surface area contributed by atoms with E-state index in [2.05, 4.69) is 12.2 Å². The lowest BCUT2D eigenvalue weighted by Crippen LogP contribution is -2.49. The summed E-state index contributed by atoms with van der Waals surface area (Å²) in [6.45, 7) is 5.59. The average molecular weight is 222 g/mol. The number of Topliss-reactive ketones (excluding diaryl/α,β-unsaturated/α-hetero) is 1. The Kier molecular flexibility index (Phi) is 2.08. The number of carbonyl (C=O) groups is 1. The number of rotatable bonds is 1. The zero-order valence-electron chi connectivity index (χ0n) is 9.97. The Bertz CT molecular complexity index is 358. The molecule has 5 atom stereocenters. The van der Waals surface area contributed by atoms with Gasteiger partial charge in [0.2, 0.25) is 0 Å². The Morgan fingerprint density at radius 3 is 2.62 bits per heavy atom. The van der Waals surface area contributed by atoms with Crippen LogP contribution in [-0.2, 0) is 14.3 Å². The van der Waals surface area contributed by atoms with Crippen molar-refractivity contribution in [1.82, 2.24) is 0 Å². The van der Waals surface area contributed by atoms with Crippen molar-refractivity contribution in [2.24, 2.45) is 17.8 Å². The standard InChI is InChI=1S/C13H18O3/c1-7(14)10-6-8-4-5-9(10)12-11(8)15-13(2,3)16-12/h4-5,8-12H,6H2,1-3H3/t8-,9+,10?,11-,12+/m0/s1. The maximum atomic E-state index is 11.6. The number of ketones is 1. The predicted octanol–water partition coefficient (Wildman–Crippen LogP) is 1.92. The molecule has 88 valence electrons. The Labute approximate surface area is 95.8 Å². The zero-order chi connectivity index (χ0) is 11.5. The van der Waals surface area contributed by atoms with Gasteiger partial charge in [0, 0.05) is 17.8 Å². The number of ether oxygens (including phenoxy) is 2. The smallest absolute Gasteiger partial charge is 0.163 e. The molecule has 0 amide bonds. The average Bonchev–Trinajstić information content (AvgIpc) is 2.54. The van der Waals surface area contributed by atoms with Gasteiger partial charge in [-0.3, -0.25) is 4.79 Å². The first kappa shape index (κ1) is 10.5. The Hall–Kier alpha value is -0.670. The molecule has 3 heteroatoms. The molecule has 1 unspecified atom stereocenters. The Balaban J connectivity index is 1.92. The molecule has 1 heterocycles. The molecule has 16 heavy (non-hydrogen) atoms. The van der Waals surface area contributed by atoms with Gasteiger partial charge in [-0.25, -0.2) is 0 Å². The highest BCUT2D eigenvalue weighted by Gasteiger charge is 2.55. The molecule has 4 rings (SSSR count). The molecule has 0 N–H and O–H groups in total. The molecule has 1 saturated carbocycles. The van der Waals surface area contributed by atoms with Crippen LogP contribution in [0, 0.1) is 17.8 Å². The molecule has 2 fully saturated rings. The minimum absolute atomic E-state index is 0.0765. The molecule has 3 aliphatic carbocycles. The number of fused-ring (bicyclic) bond motifs is 1. The molecule has 0 aromatic heterocycles. The summed E-state index contributed by atoms with van der Waals surface area (Å²) in [7, 11) is 0. The first-order chi connectivity index (χ1) is 7.48. The van der Waals surface area contributed by atoms with E-state index in [1.165, 1.54) is 0 Å². The van der Waals surface area contributed by atoms with Gasteiger partial charge in [0.1, 0.15) is 5.78 Å². The fourth-order valence-electron chi connectivity index (χ4n) is 3.40. The summed E-state index contributed by atoms with van der Waals surface area (Å²) in [5.41, 5.74) is 0. The maximum Gasteiger partial charge on any atom is 0.163 e. The molecular formula is C13H18O3. The van der Waals surface area contributed by atoms with Crippen LogP contribution in [0.15, 0.2) is 12.2 Å². The van der Waals surface area contributed by atoms with Crippen molar-refractivity contribution < 1.29 is 14.3 Å². The van der Waals surface area contributed by atoms with E-state index in [0.29, 0.717) is 5.92 Å². The Morgan fingerprint density at radius 1 is 1.25 bits per heavy atom. The van der Waals surface area contributed by atoms with Crippen LogP contribution in [0.5, 0.6) is 0 Å². The summed E-state index contributed by atoms with van der Waals surface area (Å²) < 4.78 is 11.9. The van der Waals surface area contributed by atoms with Gasteiger partial charge in [-0.05, 0) is 27.2 Å². The lowest BCUT2D eigenvalue weighted by molar-refractivity contribution is -0.149. The van der Waals surface area contributed by atoms with Crippen LogP contribution >= 0.6 is 0 Å². The monoisotopic (exact) mass is 222 g/mol. The van der Waals surface area contributed by atoms with E-state index >= 15 is 0 Å². The summed E-state index contributed by atoms with van der Waals surface area (Å²) in [6.07, 6.45) is 5.52. The third kappa shape index (κ3) is 1.38. The van der Waals surface area contributed by atoms with Crippen LogP contribution in [0.25, 0.3) is 0 Å². The first-order valence-corrected chi connectivity index (χ1v) is 6.02. The molecule has 1 saturated heterocycles. The topological polar surface area (TPSA) is 35.5 Å².